The van der Waals surface area contributed by atoms with Crippen LogP contribution in [0.1, 0.15) is 46.6 Å². The van der Waals surface area contributed by atoms with E-state index in [9.17, 15) is 10.1 Å². The van der Waals surface area contributed by atoms with Crippen LogP contribution in [-0.2, 0) is 0 Å². The van der Waals surface area contributed by atoms with Gasteiger partial charge in [-0.3, -0.25) is 14.8 Å². The summed E-state index contributed by atoms with van der Waals surface area (Å²) in [5, 5.41) is 18.8. The van der Waals surface area contributed by atoms with Crippen LogP contribution >= 0.6 is 0 Å². The highest BCUT2D eigenvalue weighted by Crippen LogP contribution is 2.32. The second-order valence-electron chi connectivity index (χ2n) is 7.79. The molecule has 2 heterocycles. The van der Waals surface area contributed by atoms with Gasteiger partial charge in [0.2, 0.25) is 0 Å². The standard InChI is InChI=1S/C16H22N4O2/c1-15(2)8-13(9-16(3,4)18-15)19-10-11-7-12(20(21)22)5-6-14(11)17-19/h5-7,10,13,18H,8-9H2,1-4H3/p+1. The lowest BCUT2D eigenvalue weighted by Gasteiger charge is -2.42. The first-order valence-electron chi connectivity index (χ1n) is 7.66. The van der Waals surface area contributed by atoms with Crippen LogP contribution in [0.5, 0.6) is 0 Å². The molecule has 0 aliphatic carbocycles. The Morgan fingerprint density at radius 3 is 2.50 bits per heavy atom. The number of non-ortho nitro benzene ring substituents is 1. The van der Waals surface area contributed by atoms with Crippen LogP contribution in [0.4, 0.5) is 5.69 Å². The molecule has 6 heteroatoms. The number of nitrogens with zero attached hydrogens (tertiary/aromatic N) is 3. The van der Waals surface area contributed by atoms with Crippen LogP contribution < -0.4 is 5.32 Å². The monoisotopic (exact) mass is 303 g/mol. The molecule has 1 aromatic heterocycles. The number of quaternary nitrogens is 1. The Labute approximate surface area is 129 Å². The molecule has 1 fully saturated rings. The van der Waals surface area contributed by atoms with Crippen molar-refractivity contribution in [2.45, 2.75) is 57.7 Å². The Kier molecular flexibility index (Phi) is 3.25. The molecule has 22 heavy (non-hydrogen) atoms. The Hall–Kier alpha value is -1.95. The van der Waals surface area contributed by atoms with Gasteiger partial charge in [-0.2, -0.15) is 5.10 Å². The van der Waals surface area contributed by atoms with Gasteiger partial charge >= 0.3 is 0 Å². The highest BCUT2D eigenvalue weighted by molar-refractivity contribution is 5.80. The van der Waals surface area contributed by atoms with Gasteiger partial charge in [0.05, 0.1) is 27.6 Å². The van der Waals surface area contributed by atoms with E-state index in [0.717, 1.165) is 23.7 Å². The Bertz CT molecular complexity index is 717. The number of nitrogens with two attached hydrogens (primary N) is 1. The lowest BCUT2D eigenvalue weighted by atomic mass is 9.80. The van der Waals surface area contributed by atoms with Gasteiger partial charge in [0, 0.05) is 36.6 Å². The number of benzene rings is 1. The van der Waals surface area contributed by atoms with Crippen molar-refractivity contribution in [1.82, 2.24) is 9.78 Å². The molecule has 0 unspecified atom stereocenters. The van der Waals surface area contributed by atoms with Crippen molar-refractivity contribution in [3.8, 4) is 0 Å². The summed E-state index contributed by atoms with van der Waals surface area (Å²) in [5.74, 6) is 0. The van der Waals surface area contributed by atoms with Gasteiger partial charge in [0.15, 0.2) is 0 Å². The third kappa shape index (κ3) is 2.83. The van der Waals surface area contributed by atoms with Gasteiger partial charge in [-0.25, -0.2) is 0 Å². The molecule has 0 amide bonds. The van der Waals surface area contributed by atoms with E-state index in [4.69, 9.17) is 0 Å². The highest BCUT2D eigenvalue weighted by atomic mass is 16.6. The van der Waals surface area contributed by atoms with Gasteiger partial charge in [-0.05, 0) is 33.8 Å². The number of hydrogen-bond donors (Lipinski definition) is 1. The van der Waals surface area contributed by atoms with Crippen LogP contribution in [0, 0.1) is 10.1 Å². The van der Waals surface area contributed by atoms with Gasteiger partial charge in [-0.15, -0.1) is 0 Å². The van der Waals surface area contributed by atoms with E-state index in [2.05, 4.69) is 38.1 Å². The molecule has 6 nitrogen and oxygen atoms in total. The van der Waals surface area contributed by atoms with Gasteiger partial charge in [0.25, 0.3) is 5.69 Å². The molecule has 0 saturated carbocycles. The van der Waals surface area contributed by atoms with Crippen molar-refractivity contribution in [2.24, 2.45) is 0 Å². The molecule has 0 bridgehead atoms. The third-order valence-electron chi connectivity index (χ3n) is 4.40. The molecule has 2 aromatic rings. The number of nitro groups is 1. The van der Waals surface area contributed by atoms with Gasteiger partial charge in [-0.1, -0.05) is 0 Å². The number of hydrogen-bond acceptors (Lipinski definition) is 3. The minimum absolute atomic E-state index is 0.115. The molecule has 3 rings (SSSR count). The average molecular weight is 303 g/mol. The minimum atomic E-state index is -0.363. The van der Waals surface area contributed by atoms with E-state index in [-0.39, 0.29) is 21.7 Å². The molecule has 0 spiro atoms. The molecule has 1 aliphatic rings. The lowest BCUT2D eigenvalue weighted by molar-refractivity contribution is -0.789. The van der Waals surface area contributed by atoms with E-state index >= 15 is 0 Å². The second-order valence-corrected chi connectivity index (χ2v) is 7.79. The van der Waals surface area contributed by atoms with Crippen LogP contribution in [0.2, 0.25) is 0 Å². The SMILES string of the molecule is CC1(C)CC(n2cc3cc([N+](=O)[O-])ccc3n2)CC(C)(C)[NH2+]1. The summed E-state index contributed by atoms with van der Waals surface area (Å²) in [6, 6.07) is 5.17. The zero-order valence-corrected chi connectivity index (χ0v) is 13.5. The highest BCUT2D eigenvalue weighted by Gasteiger charge is 2.42. The molecule has 1 saturated heterocycles. The van der Waals surface area contributed by atoms with Crippen LogP contribution in [0.3, 0.4) is 0 Å². The number of rotatable bonds is 2. The Balaban J connectivity index is 1.97. The largest absolute Gasteiger partial charge is 0.337 e. The van der Waals surface area contributed by atoms with Crippen molar-refractivity contribution in [2.75, 3.05) is 0 Å². The number of piperidine rings is 1. The second kappa shape index (κ2) is 4.78. The maximum Gasteiger partial charge on any atom is 0.270 e. The van der Waals surface area contributed by atoms with Crippen molar-refractivity contribution >= 4 is 16.6 Å². The summed E-state index contributed by atoms with van der Waals surface area (Å²) >= 11 is 0. The van der Waals surface area contributed by atoms with E-state index < -0.39 is 0 Å². The minimum Gasteiger partial charge on any atom is -0.337 e. The summed E-state index contributed by atoms with van der Waals surface area (Å²) in [4.78, 5) is 10.5. The summed E-state index contributed by atoms with van der Waals surface area (Å²) in [7, 11) is 0. The summed E-state index contributed by atoms with van der Waals surface area (Å²) < 4.78 is 2.00. The predicted octanol–water partition coefficient (Wildman–Crippen LogP) is 2.40. The normalized spacial score (nSPS) is 21.1. The molecular formula is C16H23N4O2+. The average Bonchev–Trinajstić information content (AvgIpc) is 2.77. The number of aromatic nitrogens is 2. The first-order chi connectivity index (χ1) is 10.2. The van der Waals surface area contributed by atoms with E-state index in [1.807, 2.05) is 10.9 Å². The fourth-order valence-corrected chi connectivity index (χ4v) is 3.98. The Morgan fingerprint density at radius 1 is 1.27 bits per heavy atom. The first-order valence-corrected chi connectivity index (χ1v) is 7.66. The molecule has 0 radical (unpaired) electrons. The molecule has 0 atom stereocenters. The number of nitro benzene ring substituents is 1. The van der Waals surface area contributed by atoms with E-state index in [1.165, 1.54) is 6.07 Å². The Morgan fingerprint density at radius 2 is 1.91 bits per heavy atom. The van der Waals surface area contributed by atoms with Gasteiger partial charge < -0.3 is 5.32 Å². The van der Waals surface area contributed by atoms with Crippen LogP contribution in [0.15, 0.2) is 24.4 Å². The van der Waals surface area contributed by atoms with E-state index in [0.29, 0.717) is 6.04 Å². The molecule has 2 N–H and O–H groups in total. The van der Waals surface area contributed by atoms with E-state index in [1.54, 1.807) is 12.1 Å². The topological polar surface area (TPSA) is 77.6 Å². The molecule has 1 aliphatic heterocycles. The zero-order chi connectivity index (χ0) is 16.1. The fraction of sp³-hybridized carbons (Fsp3) is 0.562. The first kappa shape index (κ1) is 15.0. The fourth-order valence-electron chi connectivity index (χ4n) is 3.98. The zero-order valence-electron chi connectivity index (χ0n) is 13.5. The van der Waals surface area contributed by atoms with Crippen molar-refractivity contribution in [1.29, 1.82) is 0 Å². The predicted molar refractivity (Wildman–Crippen MR) is 84.7 cm³/mol. The molecule has 1 aromatic carbocycles. The summed E-state index contributed by atoms with van der Waals surface area (Å²) in [6.07, 6.45) is 4.02. The van der Waals surface area contributed by atoms with Crippen molar-refractivity contribution in [3.63, 3.8) is 0 Å². The quantitative estimate of drug-likeness (QED) is 0.683. The molecular weight excluding hydrogens is 280 g/mol. The number of fused-ring (bicyclic) bond motifs is 1. The van der Waals surface area contributed by atoms with Crippen molar-refractivity contribution in [3.05, 3.63) is 34.5 Å². The third-order valence-corrected chi connectivity index (χ3v) is 4.40. The summed E-state index contributed by atoms with van der Waals surface area (Å²) in [6.45, 7) is 9.04. The van der Waals surface area contributed by atoms with Crippen LogP contribution in [-0.4, -0.2) is 25.8 Å². The summed E-state index contributed by atoms with van der Waals surface area (Å²) in [5.41, 5.74) is 1.26. The maximum atomic E-state index is 10.9. The van der Waals surface area contributed by atoms with Gasteiger partial charge in [0.1, 0.15) is 0 Å². The lowest BCUT2D eigenvalue weighted by Crippen LogP contribution is -3.05. The van der Waals surface area contributed by atoms with Crippen molar-refractivity contribution < 1.29 is 10.2 Å². The maximum absolute atomic E-state index is 10.9. The van der Waals surface area contributed by atoms with Crippen LogP contribution in [0.25, 0.3) is 10.9 Å². The molecule has 118 valence electrons. The smallest absolute Gasteiger partial charge is 0.270 e.